The largest absolute Gasteiger partial charge is 0.370 e. The van der Waals surface area contributed by atoms with E-state index in [4.69, 9.17) is 0 Å². The average Bonchev–Trinajstić information content (AvgIpc) is 3.27. The number of carbonyl (C=O) groups is 1. The number of nitrogens with one attached hydrogen (secondary N) is 2. The zero-order chi connectivity index (χ0) is 20.9. The number of nitrogens with zero attached hydrogens (tertiary/aromatic N) is 4. The lowest BCUT2D eigenvalue weighted by atomic mass is 10.1. The molecule has 0 aliphatic carbocycles. The van der Waals surface area contributed by atoms with E-state index >= 15 is 0 Å². The number of pyridine rings is 2. The third-order valence-corrected chi connectivity index (χ3v) is 7.02. The fraction of sp³-hybridized carbons (Fsp3) is 0.333. The molecule has 1 aliphatic rings. The number of thioether (sulfide) groups is 1. The summed E-state index contributed by atoms with van der Waals surface area (Å²) >= 11 is 3.47. The van der Waals surface area contributed by atoms with Crippen LogP contribution >= 0.6 is 23.1 Å². The Balaban J connectivity index is 1.34. The Bertz CT molecular complexity index is 1000. The predicted molar refractivity (Wildman–Crippen MR) is 123 cm³/mol. The zero-order valence-corrected chi connectivity index (χ0v) is 18.6. The van der Waals surface area contributed by atoms with Gasteiger partial charge in [-0.15, -0.1) is 23.1 Å². The van der Waals surface area contributed by atoms with E-state index in [1.165, 1.54) is 4.90 Å². The SMILES string of the molecule is CNC(=O)c1ccc(N2CCC(Sc3ccnc(Nc4nccs4)c3)CC2)c(C)n1. The maximum absolute atomic E-state index is 11.8. The fourth-order valence-electron chi connectivity index (χ4n) is 3.50. The topological polar surface area (TPSA) is 83.0 Å². The van der Waals surface area contributed by atoms with Gasteiger partial charge in [0.1, 0.15) is 11.5 Å². The van der Waals surface area contributed by atoms with Crippen LogP contribution in [0.15, 0.2) is 46.9 Å². The summed E-state index contributed by atoms with van der Waals surface area (Å²) < 4.78 is 0. The molecule has 3 aromatic heterocycles. The van der Waals surface area contributed by atoms with E-state index in [0.717, 1.165) is 48.3 Å². The molecule has 156 valence electrons. The Hall–Kier alpha value is -2.65. The molecule has 0 aromatic carbocycles. The summed E-state index contributed by atoms with van der Waals surface area (Å²) in [6, 6.07) is 7.97. The standard InChI is InChI=1S/C21H24N6OS2/c1-14-18(4-3-17(25-14)20(28)22-2)27-10-6-15(7-11-27)30-16-5-8-23-19(13-16)26-21-24-9-12-29-21/h3-5,8-9,12-13,15H,6-7,10-11H2,1-2H3,(H,22,28)(H,23,24,26). The van der Waals surface area contributed by atoms with Gasteiger partial charge >= 0.3 is 0 Å². The minimum Gasteiger partial charge on any atom is -0.370 e. The molecule has 0 spiro atoms. The Morgan fingerprint density at radius 1 is 1.20 bits per heavy atom. The lowest BCUT2D eigenvalue weighted by Crippen LogP contribution is -2.35. The minimum absolute atomic E-state index is 0.152. The van der Waals surface area contributed by atoms with Gasteiger partial charge in [-0.05, 0) is 44.0 Å². The summed E-state index contributed by atoms with van der Waals surface area (Å²) in [4.78, 5) is 28.5. The van der Waals surface area contributed by atoms with Crippen molar-refractivity contribution in [2.75, 3.05) is 30.4 Å². The first kappa shape index (κ1) is 20.6. The maximum atomic E-state index is 11.8. The first-order chi connectivity index (χ1) is 14.6. The molecule has 1 aliphatic heterocycles. The molecular formula is C21H24N6OS2. The van der Waals surface area contributed by atoms with E-state index in [-0.39, 0.29) is 5.91 Å². The van der Waals surface area contributed by atoms with E-state index in [9.17, 15) is 4.79 Å². The van der Waals surface area contributed by atoms with Gasteiger partial charge in [0.05, 0.1) is 11.4 Å². The van der Waals surface area contributed by atoms with Crippen molar-refractivity contribution in [2.24, 2.45) is 0 Å². The van der Waals surface area contributed by atoms with Crippen molar-refractivity contribution in [1.82, 2.24) is 20.3 Å². The van der Waals surface area contributed by atoms with E-state index < -0.39 is 0 Å². The van der Waals surface area contributed by atoms with Crippen molar-refractivity contribution < 1.29 is 4.79 Å². The molecule has 2 N–H and O–H groups in total. The number of aromatic nitrogens is 3. The highest BCUT2D eigenvalue weighted by atomic mass is 32.2. The number of thiazole rings is 1. The van der Waals surface area contributed by atoms with Crippen LogP contribution in [0, 0.1) is 6.92 Å². The molecule has 0 bridgehead atoms. The first-order valence-electron chi connectivity index (χ1n) is 9.86. The van der Waals surface area contributed by atoms with E-state index in [1.807, 2.05) is 36.3 Å². The van der Waals surface area contributed by atoms with Crippen LogP contribution in [0.5, 0.6) is 0 Å². The number of anilines is 3. The Morgan fingerprint density at radius 3 is 2.73 bits per heavy atom. The van der Waals surface area contributed by atoms with Crippen LogP contribution in [0.25, 0.3) is 0 Å². The summed E-state index contributed by atoms with van der Waals surface area (Å²) in [5.74, 6) is 0.672. The van der Waals surface area contributed by atoms with Gasteiger partial charge in [0.25, 0.3) is 5.91 Å². The van der Waals surface area contributed by atoms with Crippen molar-refractivity contribution in [1.29, 1.82) is 0 Å². The lowest BCUT2D eigenvalue weighted by molar-refractivity contribution is 0.0958. The molecule has 30 heavy (non-hydrogen) atoms. The number of hydrogen-bond donors (Lipinski definition) is 2. The molecule has 3 aromatic rings. The monoisotopic (exact) mass is 440 g/mol. The zero-order valence-electron chi connectivity index (χ0n) is 17.0. The van der Waals surface area contributed by atoms with Crippen LogP contribution in [-0.2, 0) is 0 Å². The second kappa shape index (κ2) is 9.44. The highest BCUT2D eigenvalue weighted by Gasteiger charge is 2.22. The Kier molecular flexibility index (Phi) is 6.49. The number of amides is 1. The number of aryl methyl sites for hydroxylation is 1. The van der Waals surface area contributed by atoms with Crippen LogP contribution in [0.1, 0.15) is 29.0 Å². The highest BCUT2D eigenvalue weighted by molar-refractivity contribution is 8.00. The normalized spacial score (nSPS) is 14.5. The van der Waals surface area contributed by atoms with Gasteiger partial charge in [-0.1, -0.05) is 0 Å². The molecule has 0 radical (unpaired) electrons. The van der Waals surface area contributed by atoms with Gasteiger partial charge < -0.3 is 15.5 Å². The molecule has 4 rings (SSSR count). The second-order valence-electron chi connectivity index (χ2n) is 7.02. The van der Waals surface area contributed by atoms with E-state index in [0.29, 0.717) is 10.9 Å². The highest BCUT2D eigenvalue weighted by Crippen LogP contribution is 2.33. The van der Waals surface area contributed by atoms with Crippen LogP contribution in [0.3, 0.4) is 0 Å². The van der Waals surface area contributed by atoms with Gasteiger partial charge in [-0.25, -0.2) is 15.0 Å². The molecule has 9 heteroatoms. The van der Waals surface area contributed by atoms with Gasteiger partial charge in [-0.2, -0.15) is 0 Å². The summed E-state index contributed by atoms with van der Waals surface area (Å²) in [5.41, 5.74) is 2.48. The fourth-order valence-corrected chi connectivity index (χ4v) is 5.18. The summed E-state index contributed by atoms with van der Waals surface area (Å²) in [5, 5.41) is 9.23. The summed E-state index contributed by atoms with van der Waals surface area (Å²) in [6.45, 7) is 3.93. The Morgan fingerprint density at radius 2 is 2.03 bits per heavy atom. The average molecular weight is 441 g/mol. The number of hydrogen-bond acceptors (Lipinski definition) is 8. The van der Waals surface area contributed by atoms with Crippen molar-refractivity contribution in [3.8, 4) is 0 Å². The van der Waals surface area contributed by atoms with Crippen molar-refractivity contribution in [3.63, 3.8) is 0 Å². The van der Waals surface area contributed by atoms with Gasteiger partial charge in [-0.3, -0.25) is 4.79 Å². The van der Waals surface area contributed by atoms with E-state index in [1.54, 1.807) is 30.6 Å². The second-order valence-corrected chi connectivity index (χ2v) is 9.29. The van der Waals surface area contributed by atoms with Crippen molar-refractivity contribution in [3.05, 3.63) is 53.4 Å². The minimum atomic E-state index is -0.152. The molecule has 0 unspecified atom stereocenters. The lowest BCUT2D eigenvalue weighted by Gasteiger charge is -2.34. The van der Waals surface area contributed by atoms with Gasteiger partial charge in [0.2, 0.25) is 0 Å². The van der Waals surface area contributed by atoms with Crippen molar-refractivity contribution >= 4 is 45.6 Å². The van der Waals surface area contributed by atoms with Gasteiger partial charge in [0, 0.05) is 48.1 Å². The molecule has 7 nitrogen and oxygen atoms in total. The molecule has 1 fully saturated rings. The molecule has 1 amide bonds. The maximum Gasteiger partial charge on any atom is 0.269 e. The van der Waals surface area contributed by atoms with Crippen LogP contribution in [0.2, 0.25) is 0 Å². The molecule has 1 saturated heterocycles. The quantitative estimate of drug-likeness (QED) is 0.597. The number of carbonyl (C=O) groups excluding carboxylic acids is 1. The molecule has 0 saturated carbocycles. The molecular weight excluding hydrogens is 416 g/mol. The van der Waals surface area contributed by atoms with Gasteiger partial charge in [0.15, 0.2) is 5.13 Å². The number of rotatable bonds is 6. The summed E-state index contributed by atoms with van der Waals surface area (Å²) in [6.07, 6.45) is 5.82. The smallest absolute Gasteiger partial charge is 0.269 e. The number of piperidine rings is 1. The van der Waals surface area contributed by atoms with Crippen LogP contribution in [-0.4, -0.2) is 46.2 Å². The molecule has 0 atom stereocenters. The third-order valence-electron chi connectivity index (χ3n) is 5.00. The molecule has 4 heterocycles. The van der Waals surface area contributed by atoms with Crippen LogP contribution in [0.4, 0.5) is 16.6 Å². The van der Waals surface area contributed by atoms with E-state index in [2.05, 4.69) is 42.6 Å². The van der Waals surface area contributed by atoms with Crippen molar-refractivity contribution in [2.45, 2.75) is 29.9 Å². The first-order valence-corrected chi connectivity index (χ1v) is 11.6. The summed E-state index contributed by atoms with van der Waals surface area (Å²) in [7, 11) is 1.62. The van der Waals surface area contributed by atoms with Crippen LogP contribution < -0.4 is 15.5 Å². The predicted octanol–water partition coefficient (Wildman–Crippen LogP) is 4.11. The third kappa shape index (κ3) is 4.91. The Labute approximate surface area is 184 Å².